The third kappa shape index (κ3) is 2.82. The molecule has 1 heterocycles. The van der Waals surface area contributed by atoms with E-state index in [1.165, 1.54) is 12.1 Å². The van der Waals surface area contributed by atoms with E-state index in [1.54, 1.807) is 6.07 Å². The predicted octanol–water partition coefficient (Wildman–Crippen LogP) is 1.80. The van der Waals surface area contributed by atoms with Crippen LogP contribution in [0.1, 0.15) is 12.5 Å². The lowest BCUT2D eigenvalue weighted by Crippen LogP contribution is -2.55. The Morgan fingerprint density at radius 2 is 2.12 bits per heavy atom. The van der Waals surface area contributed by atoms with Gasteiger partial charge in [-0.3, -0.25) is 0 Å². The van der Waals surface area contributed by atoms with Crippen LogP contribution in [0.3, 0.4) is 0 Å². The number of nitrogens with one attached hydrogen (secondary N) is 1. The Labute approximate surface area is 101 Å². The third-order valence-electron chi connectivity index (χ3n) is 3.50. The van der Waals surface area contributed by atoms with E-state index in [1.807, 2.05) is 0 Å². The van der Waals surface area contributed by atoms with Crippen molar-refractivity contribution >= 4 is 0 Å². The van der Waals surface area contributed by atoms with E-state index in [-0.39, 0.29) is 0 Å². The summed E-state index contributed by atoms with van der Waals surface area (Å²) >= 11 is 0. The standard InChI is InChI=1S/C13H18F2N2/c1-9-13(17(2)6-5-16-9)8-10-3-4-11(14)12(15)7-10/h3-4,7,9,13,16H,5-6,8H2,1-2H3. The zero-order chi connectivity index (χ0) is 12.4. The molecule has 94 valence electrons. The molecule has 0 radical (unpaired) electrons. The first-order chi connectivity index (χ1) is 8.08. The lowest BCUT2D eigenvalue weighted by atomic mass is 9.97. The molecule has 1 aliphatic heterocycles. The smallest absolute Gasteiger partial charge is 0.159 e. The number of hydrogen-bond acceptors (Lipinski definition) is 2. The summed E-state index contributed by atoms with van der Waals surface area (Å²) < 4.78 is 26.0. The van der Waals surface area contributed by atoms with Gasteiger partial charge < -0.3 is 10.2 Å². The Hall–Kier alpha value is -1.00. The molecule has 2 atom stereocenters. The first-order valence-corrected chi connectivity index (χ1v) is 5.95. The molecule has 1 aliphatic rings. The average molecular weight is 240 g/mol. The monoisotopic (exact) mass is 240 g/mol. The van der Waals surface area contributed by atoms with Crippen LogP contribution in [0.2, 0.25) is 0 Å². The fraction of sp³-hybridized carbons (Fsp3) is 0.538. The van der Waals surface area contributed by atoms with Gasteiger partial charge in [-0.25, -0.2) is 8.78 Å². The zero-order valence-electron chi connectivity index (χ0n) is 10.2. The van der Waals surface area contributed by atoms with Gasteiger partial charge in [-0.2, -0.15) is 0 Å². The van der Waals surface area contributed by atoms with Crippen LogP contribution in [0.4, 0.5) is 8.78 Å². The van der Waals surface area contributed by atoms with Gasteiger partial charge in [0.1, 0.15) is 0 Å². The lowest BCUT2D eigenvalue weighted by Gasteiger charge is -2.38. The minimum Gasteiger partial charge on any atom is -0.311 e. The molecule has 1 fully saturated rings. The average Bonchev–Trinajstić information content (AvgIpc) is 2.28. The summed E-state index contributed by atoms with van der Waals surface area (Å²) in [5, 5.41) is 3.40. The van der Waals surface area contributed by atoms with Gasteiger partial charge in [-0.05, 0) is 38.1 Å². The Balaban J connectivity index is 2.10. The number of hydrogen-bond donors (Lipinski definition) is 1. The van der Waals surface area contributed by atoms with E-state index >= 15 is 0 Å². The normalized spacial score (nSPS) is 26.1. The third-order valence-corrected chi connectivity index (χ3v) is 3.50. The van der Waals surface area contributed by atoms with Crippen molar-refractivity contribution in [3.8, 4) is 0 Å². The number of nitrogens with zero attached hydrogens (tertiary/aromatic N) is 1. The fourth-order valence-electron chi connectivity index (χ4n) is 2.39. The summed E-state index contributed by atoms with van der Waals surface area (Å²) in [5.74, 6) is -1.54. The maximum absolute atomic E-state index is 13.1. The minimum absolute atomic E-state index is 0.327. The maximum Gasteiger partial charge on any atom is 0.159 e. The van der Waals surface area contributed by atoms with Gasteiger partial charge >= 0.3 is 0 Å². The summed E-state index contributed by atoms with van der Waals surface area (Å²) in [4.78, 5) is 2.27. The Morgan fingerprint density at radius 1 is 1.35 bits per heavy atom. The molecule has 0 aromatic heterocycles. The first kappa shape index (κ1) is 12.5. The molecule has 0 saturated carbocycles. The highest BCUT2D eigenvalue weighted by Crippen LogP contribution is 2.16. The predicted molar refractivity (Wildman–Crippen MR) is 63.9 cm³/mol. The van der Waals surface area contributed by atoms with Crippen LogP contribution in [0.25, 0.3) is 0 Å². The van der Waals surface area contributed by atoms with E-state index < -0.39 is 11.6 Å². The largest absolute Gasteiger partial charge is 0.311 e. The highest BCUT2D eigenvalue weighted by Gasteiger charge is 2.25. The van der Waals surface area contributed by atoms with Gasteiger partial charge in [-0.15, -0.1) is 0 Å². The molecule has 0 bridgehead atoms. The molecule has 0 aliphatic carbocycles. The second-order valence-electron chi connectivity index (χ2n) is 4.74. The van der Waals surface area contributed by atoms with Crippen molar-refractivity contribution in [2.45, 2.75) is 25.4 Å². The lowest BCUT2D eigenvalue weighted by molar-refractivity contribution is 0.157. The first-order valence-electron chi connectivity index (χ1n) is 5.95. The molecular weight excluding hydrogens is 222 g/mol. The van der Waals surface area contributed by atoms with Crippen LogP contribution in [0, 0.1) is 11.6 Å². The summed E-state index contributed by atoms with van der Waals surface area (Å²) in [7, 11) is 2.07. The van der Waals surface area contributed by atoms with E-state index in [0.717, 1.165) is 25.1 Å². The summed E-state index contributed by atoms with van der Waals surface area (Å²) in [6.07, 6.45) is 0.738. The highest BCUT2D eigenvalue weighted by molar-refractivity contribution is 5.19. The maximum atomic E-state index is 13.1. The molecule has 1 aromatic rings. The van der Waals surface area contributed by atoms with Gasteiger partial charge in [0.25, 0.3) is 0 Å². The van der Waals surface area contributed by atoms with Gasteiger partial charge in [0, 0.05) is 25.2 Å². The van der Waals surface area contributed by atoms with E-state index in [9.17, 15) is 8.78 Å². The topological polar surface area (TPSA) is 15.3 Å². The van der Waals surface area contributed by atoms with Crippen molar-refractivity contribution in [2.24, 2.45) is 0 Å². The second kappa shape index (κ2) is 5.10. The molecule has 2 nitrogen and oxygen atoms in total. The van der Waals surface area contributed by atoms with Gasteiger partial charge in [-0.1, -0.05) is 6.07 Å². The number of benzene rings is 1. The van der Waals surface area contributed by atoms with Gasteiger partial charge in [0.2, 0.25) is 0 Å². The Bertz CT molecular complexity index is 385. The van der Waals surface area contributed by atoms with Crippen LogP contribution >= 0.6 is 0 Å². The van der Waals surface area contributed by atoms with Crippen molar-refractivity contribution in [2.75, 3.05) is 20.1 Å². The quantitative estimate of drug-likeness (QED) is 0.848. The summed E-state index contributed by atoms with van der Waals surface area (Å²) in [6.45, 7) is 4.09. The molecule has 0 amide bonds. The zero-order valence-corrected chi connectivity index (χ0v) is 10.2. The molecule has 1 saturated heterocycles. The molecule has 1 N–H and O–H groups in total. The molecule has 2 unspecified atom stereocenters. The van der Waals surface area contributed by atoms with Crippen molar-refractivity contribution < 1.29 is 8.78 Å². The van der Waals surface area contributed by atoms with Crippen molar-refractivity contribution in [3.05, 3.63) is 35.4 Å². The summed E-state index contributed by atoms with van der Waals surface area (Å²) in [5.41, 5.74) is 0.844. The van der Waals surface area contributed by atoms with Crippen LogP contribution in [0.15, 0.2) is 18.2 Å². The van der Waals surface area contributed by atoms with Crippen LogP contribution in [-0.2, 0) is 6.42 Å². The second-order valence-corrected chi connectivity index (χ2v) is 4.74. The Morgan fingerprint density at radius 3 is 2.76 bits per heavy atom. The fourth-order valence-corrected chi connectivity index (χ4v) is 2.39. The molecule has 0 spiro atoms. The van der Waals surface area contributed by atoms with Crippen LogP contribution in [-0.4, -0.2) is 37.1 Å². The molecule has 1 aromatic carbocycles. The molecule has 17 heavy (non-hydrogen) atoms. The molecule has 2 rings (SSSR count). The Kier molecular flexibility index (Phi) is 3.74. The van der Waals surface area contributed by atoms with Crippen LogP contribution in [0.5, 0.6) is 0 Å². The van der Waals surface area contributed by atoms with Crippen molar-refractivity contribution in [3.63, 3.8) is 0 Å². The number of piperazine rings is 1. The molecular formula is C13H18F2N2. The molecule has 4 heteroatoms. The highest BCUT2D eigenvalue weighted by atomic mass is 19.2. The van der Waals surface area contributed by atoms with Crippen molar-refractivity contribution in [1.29, 1.82) is 0 Å². The SMILES string of the molecule is CC1NCCN(C)C1Cc1ccc(F)c(F)c1. The van der Waals surface area contributed by atoms with Crippen molar-refractivity contribution in [1.82, 2.24) is 10.2 Å². The minimum atomic E-state index is -0.781. The van der Waals surface area contributed by atoms with E-state index in [2.05, 4.69) is 24.2 Å². The van der Waals surface area contributed by atoms with Crippen LogP contribution < -0.4 is 5.32 Å². The van der Waals surface area contributed by atoms with Gasteiger partial charge in [0.15, 0.2) is 11.6 Å². The summed E-state index contributed by atoms with van der Waals surface area (Å²) in [6, 6.07) is 4.85. The van der Waals surface area contributed by atoms with Gasteiger partial charge in [0.05, 0.1) is 0 Å². The van der Waals surface area contributed by atoms with E-state index in [4.69, 9.17) is 0 Å². The number of halogens is 2. The number of rotatable bonds is 2. The van der Waals surface area contributed by atoms with E-state index in [0.29, 0.717) is 12.1 Å². The number of likely N-dealkylation sites (N-methyl/N-ethyl adjacent to an activating group) is 1.